The molecule has 0 spiro atoms. The average molecular weight is 535 g/mol. The molecule has 0 bridgehead atoms. The van der Waals surface area contributed by atoms with Gasteiger partial charge >= 0.3 is 0 Å². The first-order chi connectivity index (χ1) is 18.3. The summed E-state index contributed by atoms with van der Waals surface area (Å²) in [6.45, 7) is 6.47. The Kier molecular flexibility index (Phi) is 6.67. The maximum absolute atomic E-state index is 13.5. The van der Waals surface area contributed by atoms with Crippen molar-refractivity contribution in [3.63, 3.8) is 0 Å². The zero-order chi connectivity index (χ0) is 26.4. The van der Waals surface area contributed by atoms with Crippen molar-refractivity contribution in [2.45, 2.75) is 24.4 Å². The predicted octanol–water partition coefficient (Wildman–Crippen LogP) is 3.45. The first-order valence-corrected chi connectivity index (χ1v) is 13.6. The SMILES string of the molecule is Cc1cc2c(cnn2-c2ccc(F)cc2)cc1C1CN(Sc2cnn(C)n2)CCN1CC1CC(=O)N(C)C1. The zero-order valence-electron chi connectivity index (χ0n) is 21.8. The van der Waals surface area contributed by atoms with Gasteiger partial charge in [-0.25, -0.2) is 13.4 Å². The fourth-order valence-electron chi connectivity index (χ4n) is 5.65. The Morgan fingerprint density at radius 2 is 1.87 bits per heavy atom. The third-order valence-corrected chi connectivity index (χ3v) is 8.52. The second-order valence-corrected chi connectivity index (χ2v) is 11.4. The highest BCUT2D eigenvalue weighted by molar-refractivity contribution is 7.97. The fourth-order valence-corrected chi connectivity index (χ4v) is 6.55. The zero-order valence-corrected chi connectivity index (χ0v) is 22.6. The van der Waals surface area contributed by atoms with Crippen LogP contribution in [-0.4, -0.2) is 84.6 Å². The molecule has 0 aliphatic carbocycles. The van der Waals surface area contributed by atoms with Crippen molar-refractivity contribution in [3.8, 4) is 5.69 Å². The van der Waals surface area contributed by atoms with Crippen LogP contribution in [0, 0.1) is 18.7 Å². The summed E-state index contributed by atoms with van der Waals surface area (Å²) in [7, 11) is 3.72. The molecule has 0 radical (unpaired) electrons. The van der Waals surface area contributed by atoms with Gasteiger partial charge in [0.15, 0.2) is 5.03 Å². The van der Waals surface area contributed by atoms with Crippen molar-refractivity contribution in [1.29, 1.82) is 0 Å². The smallest absolute Gasteiger partial charge is 0.222 e. The molecule has 2 aromatic carbocycles. The number of carbonyl (C=O) groups excluding carboxylic acids is 1. The molecule has 2 saturated heterocycles. The summed E-state index contributed by atoms with van der Waals surface area (Å²) in [6, 6.07) is 11.0. The Labute approximate surface area is 225 Å². The van der Waals surface area contributed by atoms with Crippen molar-refractivity contribution in [1.82, 2.24) is 38.9 Å². The molecular formula is C27H31FN8OS. The molecule has 9 nitrogen and oxygen atoms in total. The van der Waals surface area contributed by atoms with Crippen molar-refractivity contribution in [2.75, 3.05) is 39.8 Å². The van der Waals surface area contributed by atoms with E-state index in [4.69, 9.17) is 0 Å². The van der Waals surface area contributed by atoms with Gasteiger partial charge in [0, 0.05) is 64.7 Å². The maximum Gasteiger partial charge on any atom is 0.222 e. The molecule has 0 saturated carbocycles. The Bertz CT molecular complexity index is 1470. The molecule has 38 heavy (non-hydrogen) atoms. The van der Waals surface area contributed by atoms with Crippen LogP contribution in [0.1, 0.15) is 23.6 Å². The number of amides is 1. The van der Waals surface area contributed by atoms with Crippen LogP contribution in [-0.2, 0) is 11.8 Å². The molecule has 2 aliphatic heterocycles. The van der Waals surface area contributed by atoms with E-state index in [1.54, 1.807) is 35.1 Å². The average Bonchev–Trinajstić information content (AvgIpc) is 3.58. The molecule has 6 rings (SSSR count). The molecular weight excluding hydrogens is 503 g/mol. The minimum absolute atomic E-state index is 0.160. The summed E-state index contributed by atoms with van der Waals surface area (Å²) >= 11 is 1.64. The molecule has 2 fully saturated rings. The highest BCUT2D eigenvalue weighted by Gasteiger charge is 2.35. The second kappa shape index (κ2) is 10.1. The highest BCUT2D eigenvalue weighted by Crippen LogP contribution is 2.36. The van der Waals surface area contributed by atoms with Gasteiger partial charge in [0.1, 0.15) is 5.82 Å². The third-order valence-electron chi connectivity index (χ3n) is 7.55. The fraction of sp³-hybridized carbons (Fsp3) is 0.407. The number of piperazine rings is 1. The van der Waals surface area contributed by atoms with Crippen LogP contribution < -0.4 is 0 Å². The number of aryl methyl sites for hydroxylation is 2. The van der Waals surface area contributed by atoms with Crippen molar-refractivity contribution in [2.24, 2.45) is 13.0 Å². The predicted molar refractivity (Wildman–Crippen MR) is 144 cm³/mol. The van der Waals surface area contributed by atoms with Crippen LogP contribution in [0.4, 0.5) is 4.39 Å². The van der Waals surface area contributed by atoms with Gasteiger partial charge in [0.2, 0.25) is 5.91 Å². The molecule has 2 atom stereocenters. The highest BCUT2D eigenvalue weighted by atomic mass is 32.2. The lowest BCUT2D eigenvalue weighted by Gasteiger charge is -2.42. The van der Waals surface area contributed by atoms with E-state index in [0.717, 1.165) is 54.3 Å². The topological polar surface area (TPSA) is 75.3 Å². The molecule has 1 amide bonds. The molecule has 11 heteroatoms. The number of rotatable bonds is 6. The van der Waals surface area contributed by atoms with Gasteiger partial charge < -0.3 is 4.90 Å². The summed E-state index contributed by atoms with van der Waals surface area (Å²) in [5.41, 5.74) is 4.27. The van der Waals surface area contributed by atoms with E-state index in [2.05, 4.69) is 43.6 Å². The van der Waals surface area contributed by atoms with E-state index in [1.807, 2.05) is 29.9 Å². The monoisotopic (exact) mass is 534 g/mol. The number of hydrogen-bond acceptors (Lipinski definition) is 7. The van der Waals surface area contributed by atoms with Gasteiger partial charge in [-0.2, -0.15) is 15.0 Å². The van der Waals surface area contributed by atoms with Gasteiger partial charge in [-0.1, -0.05) is 0 Å². The van der Waals surface area contributed by atoms with E-state index in [-0.39, 0.29) is 17.8 Å². The molecule has 0 N–H and O–H groups in total. The van der Waals surface area contributed by atoms with Crippen LogP contribution in [0.5, 0.6) is 0 Å². The summed E-state index contributed by atoms with van der Waals surface area (Å²) in [6.07, 6.45) is 4.29. The van der Waals surface area contributed by atoms with Crippen molar-refractivity contribution < 1.29 is 9.18 Å². The van der Waals surface area contributed by atoms with Gasteiger partial charge in [-0.05, 0) is 72.3 Å². The van der Waals surface area contributed by atoms with E-state index >= 15 is 0 Å². The maximum atomic E-state index is 13.5. The number of aromatic nitrogens is 5. The van der Waals surface area contributed by atoms with Crippen LogP contribution in [0.2, 0.25) is 0 Å². The molecule has 2 unspecified atom stereocenters. The lowest BCUT2D eigenvalue weighted by Crippen LogP contribution is -2.47. The molecule has 2 aromatic heterocycles. The molecule has 2 aliphatic rings. The Morgan fingerprint density at radius 1 is 1.05 bits per heavy atom. The molecule has 4 aromatic rings. The van der Waals surface area contributed by atoms with Crippen LogP contribution in [0.25, 0.3) is 16.6 Å². The Morgan fingerprint density at radius 3 is 2.58 bits per heavy atom. The first-order valence-electron chi connectivity index (χ1n) is 12.9. The van der Waals surface area contributed by atoms with E-state index < -0.39 is 0 Å². The third kappa shape index (κ3) is 4.93. The van der Waals surface area contributed by atoms with Crippen LogP contribution >= 0.6 is 11.9 Å². The van der Waals surface area contributed by atoms with E-state index in [0.29, 0.717) is 12.3 Å². The number of fused-ring (bicyclic) bond motifs is 1. The van der Waals surface area contributed by atoms with E-state index in [9.17, 15) is 9.18 Å². The summed E-state index contributed by atoms with van der Waals surface area (Å²) in [4.78, 5) is 18.2. The number of hydrogen-bond donors (Lipinski definition) is 0. The number of carbonyl (C=O) groups is 1. The summed E-state index contributed by atoms with van der Waals surface area (Å²) in [5.74, 6) is 0.300. The largest absolute Gasteiger partial charge is 0.345 e. The lowest BCUT2D eigenvalue weighted by atomic mass is 9.95. The Hall–Kier alpha value is -3.28. The van der Waals surface area contributed by atoms with Gasteiger partial charge in [-0.15, -0.1) is 5.10 Å². The van der Waals surface area contributed by atoms with E-state index in [1.165, 1.54) is 23.3 Å². The van der Waals surface area contributed by atoms with Crippen LogP contribution in [0.15, 0.2) is 53.8 Å². The number of nitrogens with zero attached hydrogens (tertiary/aromatic N) is 8. The van der Waals surface area contributed by atoms with Gasteiger partial charge in [0.05, 0.1) is 23.6 Å². The number of benzene rings is 2. The summed E-state index contributed by atoms with van der Waals surface area (Å²) < 4.78 is 17.7. The second-order valence-electron chi connectivity index (χ2n) is 10.3. The van der Waals surface area contributed by atoms with Crippen molar-refractivity contribution >= 4 is 28.8 Å². The van der Waals surface area contributed by atoms with Crippen LogP contribution in [0.3, 0.4) is 0 Å². The Balaban J connectivity index is 1.32. The standard InChI is InChI=1S/C27H31FN8OS/c1-18-10-24-20(13-30-36(24)22-6-4-21(28)5-7-22)12-23(18)25-17-35(38-26-14-29-33(3)31-26)9-8-34(25)16-19-11-27(37)32(2)15-19/h4-7,10,12-14,19,25H,8-9,11,15-17H2,1-3H3. The molecule has 4 heterocycles. The lowest BCUT2D eigenvalue weighted by molar-refractivity contribution is -0.126. The quantitative estimate of drug-likeness (QED) is 0.351. The normalized spacial score (nSPS) is 21.2. The first kappa shape index (κ1) is 25.0. The van der Waals surface area contributed by atoms with Gasteiger partial charge in [-0.3, -0.25) is 9.69 Å². The minimum atomic E-state index is -0.264. The number of likely N-dealkylation sites (tertiary alicyclic amines) is 1. The molecule has 198 valence electrons. The minimum Gasteiger partial charge on any atom is -0.345 e. The van der Waals surface area contributed by atoms with Gasteiger partial charge in [0.25, 0.3) is 0 Å². The summed E-state index contributed by atoms with van der Waals surface area (Å²) in [5, 5.41) is 15.2. The van der Waals surface area contributed by atoms with Crippen molar-refractivity contribution in [3.05, 3.63) is 65.7 Å². The number of halogens is 1.